The number of benzene rings is 1. The van der Waals surface area contributed by atoms with Crippen LogP contribution in [0.15, 0.2) is 37.1 Å². The van der Waals surface area contributed by atoms with Crippen LogP contribution in [0.4, 0.5) is 0 Å². The number of hydrogen-bond acceptors (Lipinski definition) is 4. The summed E-state index contributed by atoms with van der Waals surface area (Å²) in [6, 6.07) is 6.22. The molecule has 0 fully saturated rings. The van der Waals surface area contributed by atoms with Gasteiger partial charge >= 0.3 is 0 Å². The molecule has 0 radical (unpaired) electrons. The van der Waals surface area contributed by atoms with Crippen LogP contribution in [0.1, 0.15) is 13.1 Å². The number of fused-ring (bicyclic) bond motifs is 1. The van der Waals surface area contributed by atoms with Crippen LogP contribution in [0.25, 0.3) is 16.6 Å². The minimum Gasteiger partial charge on any atom is -0.288 e. The lowest BCUT2D eigenvalue weighted by Crippen LogP contribution is -2.23. The largest absolute Gasteiger partial charge is 0.288 e. The summed E-state index contributed by atoms with van der Waals surface area (Å²) in [7, 11) is 4.09. The van der Waals surface area contributed by atoms with E-state index in [1.54, 1.807) is 12.7 Å². The van der Waals surface area contributed by atoms with Crippen molar-refractivity contribution >= 4 is 10.9 Å². The maximum Gasteiger partial charge on any atom is 0.123 e. The van der Waals surface area contributed by atoms with Gasteiger partial charge in [0, 0.05) is 11.1 Å². The maximum atomic E-state index is 4.47. The second-order valence-electron chi connectivity index (χ2n) is 4.80. The number of hydrogen-bond donors (Lipinski definition) is 0. The second-order valence-corrected chi connectivity index (χ2v) is 4.80. The topological polar surface area (TPSA) is 51.8 Å². The Morgan fingerprint density at radius 3 is 2.58 bits per heavy atom. The van der Waals surface area contributed by atoms with Crippen molar-refractivity contribution in [2.24, 2.45) is 0 Å². The van der Waals surface area contributed by atoms with Crippen LogP contribution in [0.2, 0.25) is 0 Å². The van der Waals surface area contributed by atoms with Gasteiger partial charge in [-0.3, -0.25) is 9.47 Å². The van der Waals surface area contributed by atoms with Gasteiger partial charge in [-0.05, 0) is 39.2 Å². The van der Waals surface area contributed by atoms with Gasteiger partial charge in [0.05, 0.1) is 11.7 Å². The van der Waals surface area contributed by atoms with Gasteiger partial charge in [-0.25, -0.2) is 4.68 Å². The molecular weight excluding hydrogens is 240 g/mol. The number of rotatable bonds is 3. The molecule has 6 heteroatoms. The van der Waals surface area contributed by atoms with Gasteiger partial charge in [0.1, 0.15) is 18.8 Å². The average molecular weight is 256 g/mol. The van der Waals surface area contributed by atoms with E-state index in [1.165, 1.54) is 0 Å². The van der Waals surface area contributed by atoms with E-state index >= 15 is 0 Å². The van der Waals surface area contributed by atoms with Crippen LogP contribution in [-0.4, -0.2) is 43.5 Å². The summed E-state index contributed by atoms with van der Waals surface area (Å²) in [4.78, 5) is 2.13. The Morgan fingerprint density at radius 1 is 1.16 bits per heavy atom. The quantitative estimate of drug-likeness (QED) is 0.715. The van der Waals surface area contributed by atoms with Gasteiger partial charge in [0.2, 0.25) is 0 Å². The molecule has 0 saturated carbocycles. The SMILES string of the molecule is CC(N(C)C)n1ncc2cc(-n3cnnc3)ccc21. The third-order valence-corrected chi connectivity index (χ3v) is 3.40. The molecule has 0 aliphatic rings. The lowest BCUT2D eigenvalue weighted by atomic mass is 10.2. The lowest BCUT2D eigenvalue weighted by Gasteiger charge is -2.20. The van der Waals surface area contributed by atoms with E-state index in [4.69, 9.17) is 0 Å². The predicted molar refractivity (Wildman–Crippen MR) is 73.0 cm³/mol. The molecule has 1 aromatic carbocycles. The van der Waals surface area contributed by atoms with Crippen LogP contribution in [-0.2, 0) is 0 Å². The summed E-state index contributed by atoms with van der Waals surface area (Å²) in [5.41, 5.74) is 2.16. The Labute approximate surface area is 111 Å². The minimum atomic E-state index is 0.221. The molecule has 2 heterocycles. The van der Waals surface area contributed by atoms with Gasteiger partial charge in [-0.2, -0.15) is 5.10 Å². The summed E-state index contributed by atoms with van der Waals surface area (Å²) in [5.74, 6) is 0. The summed E-state index contributed by atoms with van der Waals surface area (Å²) in [6.07, 6.45) is 5.49. The molecule has 98 valence electrons. The highest BCUT2D eigenvalue weighted by Crippen LogP contribution is 2.21. The Bertz CT molecular complexity index is 682. The zero-order valence-corrected chi connectivity index (χ0v) is 11.2. The number of aromatic nitrogens is 5. The molecule has 3 aromatic rings. The van der Waals surface area contributed by atoms with Crippen molar-refractivity contribution in [3.63, 3.8) is 0 Å². The monoisotopic (exact) mass is 256 g/mol. The highest BCUT2D eigenvalue weighted by molar-refractivity contribution is 5.81. The molecule has 19 heavy (non-hydrogen) atoms. The van der Waals surface area contributed by atoms with Crippen LogP contribution in [0, 0.1) is 0 Å². The fourth-order valence-corrected chi connectivity index (χ4v) is 2.05. The third kappa shape index (κ3) is 2.00. The number of nitrogens with zero attached hydrogens (tertiary/aromatic N) is 6. The van der Waals surface area contributed by atoms with Crippen molar-refractivity contribution in [2.45, 2.75) is 13.1 Å². The van der Waals surface area contributed by atoms with Crippen LogP contribution < -0.4 is 0 Å². The van der Waals surface area contributed by atoms with Crippen molar-refractivity contribution in [1.82, 2.24) is 29.4 Å². The first-order chi connectivity index (χ1) is 9.16. The summed E-state index contributed by atoms with van der Waals surface area (Å²) in [5, 5.41) is 13.2. The molecule has 0 aliphatic heterocycles. The van der Waals surface area contributed by atoms with Gasteiger partial charge in [-0.1, -0.05) is 0 Å². The van der Waals surface area contributed by atoms with Gasteiger partial charge in [0.15, 0.2) is 0 Å². The van der Waals surface area contributed by atoms with Crippen molar-refractivity contribution in [2.75, 3.05) is 14.1 Å². The van der Waals surface area contributed by atoms with E-state index in [1.807, 2.05) is 35.6 Å². The van der Waals surface area contributed by atoms with E-state index in [-0.39, 0.29) is 6.17 Å². The van der Waals surface area contributed by atoms with Crippen LogP contribution in [0.3, 0.4) is 0 Å². The van der Waals surface area contributed by atoms with E-state index in [0.29, 0.717) is 0 Å². The molecule has 0 amide bonds. The predicted octanol–water partition coefficient (Wildman–Crippen LogP) is 1.70. The average Bonchev–Trinajstić information content (AvgIpc) is 3.06. The molecule has 0 saturated heterocycles. The molecule has 1 unspecified atom stereocenters. The molecule has 3 rings (SSSR count). The van der Waals surface area contributed by atoms with E-state index < -0.39 is 0 Å². The normalized spacial score (nSPS) is 13.3. The molecule has 6 nitrogen and oxygen atoms in total. The van der Waals surface area contributed by atoms with Gasteiger partial charge in [-0.15, -0.1) is 10.2 Å². The smallest absolute Gasteiger partial charge is 0.123 e. The molecule has 1 atom stereocenters. The third-order valence-electron chi connectivity index (χ3n) is 3.40. The maximum absolute atomic E-state index is 4.47. The molecule has 0 spiro atoms. The van der Waals surface area contributed by atoms with Gasteiger partial charge < -0.3 is 0 Å². The summed E-state index contributed by atoms with van der Waals surface area (Å²) < 4.78 is 3.90. The molecule has 2 aromatic heterocycles. The van der Waals surface area contributed by atoms with Crippen LogP contribution in [0.5, 0.6) is 0 Å². The first-order valence-corrected chi connectivity index (χ1v) is 6.15. The first kappa shape index (κ1) is 11.9. The summed E-state index contributed by atoms with van der Waals surface area (Å²) >= 11 is 0. The Morgan fingerprint density at radius 2 is 1.89 bits per heavy atom. The molecular formula is C13H16N6. The zero-order chi connectivity index (χ0) is 13.4. The zero-order valence-electron chi connectivity index (χ0n) is 11.2. The lowest BCUT2D eigenvalue weighted by molar-refractivity contribution is 0.226. The van der Waals surface area contributed by atoms with Crippen LogP contribution >= 0.6 is 0 Å². The molecule has 0 aliphatic carbocycles. The van der Waals surface area contributed by atoms with Crippen molar-refractivity contribution in [1.29, 1.82) is 0 Å². The molecule has 0 N–H and O–H groups in total. The summed E-state index contributed by atoms with van der Waals surface area (Å²) in [6.45, 7) is 2.13. The fourth-order valence-electron chi connectivity index (χ4n) is 2.05. The van der Waals surface area contributed by atoms with E-state index in [2.05, 4.69) is 39.3 Å². The van der Waals surface area contributed by atoms with E-state index in [0.717, 1.165) is 16.6 Å². The van der Waals surface area contributed by atoms with Crippen molar-refractivity contribution in [3.05, 3.63) is 37.1 Å². The second kappa shape index (κ2) is 4.47. The Kier molecular flexibility index (Phi) is 2.79. The highest BCUT2D eigenvalue weighted by atomic mass is 15.4. The van der Waals surface area contributed by atoms with E-state index in [9.17, 15) is 0 Å². The fraction of sp³-hybridized carbons (Fsp3) is 0.308. The highest BCUT2D eigenvalue weighted by Gasteiger charge is 2.11. The minimum absolute atomic E-state index is 0.221. The standard InChI is InChI=1S/C13H16N6/c1-10(17(2)3)19-13-5-4-12(6-11(13)7-16-19)18-8-14-15-9-18/h4-10H,1-3H3. The van der Waals surface area contributed by atoms with Crippen molar-refractivity contribution in [3.8, 4) is 5.69 Å². The molecule has 0 bridgehead atoms. The first-order valence-electron chi connectivity index (χ1n) is 6.15. The Balaban J connectivity index is 2.07. The van der Waals surface area contributed by atoms with Gasteiger partial charge in [0.25, 0.3) is 0 Å². The Hall–Kier alpha value is -2.21. The van der Waals surface area contributed by atoms with Crippen molar-refractivity contribution < 1.29 is 0 Å².